The quantitative estimate of drug-likeness (QED) is 0.651. The van der Waals surface area contributed by atoms with E-state index in [0.29, 0.717) is 11.4 Å². The summed E-state index contributed by atoms with van der Waals surface area (Å²) in [4.78, 5) is 13.1. The lowest BCUT2D eigenvalue weighted by atomic mass is 10.1. The third-order valence-corrected chi connectivity index (χ3v) is 4.23. The molecule has 21 heavy (non-hydrogen) atoms. The van der Waals surface area contributed by atoms with Gasteiger partial charge in [0.25, 0.3) is 0 Å². The molecule has 1 amide bonds. The Morgan fingerprint density at radius 3 is 2.71 bits per heavy atom. The van der Waals surface area contributed by atoms with E-state index < -0.39 is 0 Å². The summed E-state index contributed by atoms with van der Waals surface area (Å²) < 4.78 is 0. The summed E-state index contributed by atoms with van der Waals surface area (Å²) in [5, 5.41) is 3.02. The van der Waals surface area contributed by atoms with E-state index in [4.69, 9.17) is 5.73 Å². The van der Waals surface area contributed by atoms with Gasteiger partial charge >= 0.3 is 0 Å². The minimum atomic E-state index is 0.00595. The van der Waals surface area contributed by atoms with Crippen LogP contribution >= 0.6 is 11.8 Å². The molecule has 0 radical (unpaired) electrons. The van der Waals surface area contributed by atoms with Crippen molar-refractivity contribution in [1.82, 2.24) is 0 Å². The van der Waals surface area contributed by atoms with Crippen LogP contribution in [-0.2, 0) is 11.2 Å². The van der Waals surface area contributed by atoms with Crippen LogP contribution in [0, 0.1) is 6.92 Å². The average molecular weight is 300 g/mol. The summed E-state index contributed by atoms with van der Waals surface area (Å²) in [6.07, 6.45) is 0.902. The number of thioether (sulfide) groups is 1. The van der Waals surface area contributed by atoms with E-state index in [9.17, 15) is 4.79 Å². The average Bonchev–Trinajstić information content (AvgIpc) is 2.47. The van der Waals surface area contributed by atoms with Gasteiger partial charge in [-0.3, -0.25) is 4.79 Å². The highest BCUT2D eigenvalue weighted by Gasteiger charge is 2.09. The van der Waals surface area contributed by atoms with E-state index in [-0.39, 0.29) is 5.91 Å². The van der Waals surface area contributed by atoms with Gasteiger partial charge in [-0.2, -0.15) is 0 Å². The van der Waals surface area contributed by atoms with E-state index >= 15 is 0 Å². The summed E-state index contributed by atoms with van der Waals surface area (Å²) in [5.74, 6) is 0.382. The van der Waals surface area contributed by atoms with E-state index in [1.807, 2.05) is 49.4 Å². The number of amides is 1. The number of nitrogens with one attached hydrogen (secondary N) is 1. The van der Waals surface area contributed by atoms with Crippen LogP contribution in [0.25, 0.3) is 0 Å². The number of hydrogen-bond acceptors (Lipinski definition) is 3. The van der Waals surface area contributed by atoms with Gasteiger partial charge in [0.2, 0.25) is 5.91 Å². The molecule has 110 valence electrons. The highest BCUT2D eigenvalue weighted by molar-refractivity contribution is 8.00. The number of hydrogen-bond donors (Lipinski definition) is 2. The molecule has 0 spiro atoms. The van der Waals surface area contributed by atoms with Crippen LogP contribution in [0.3, 0.4) is 0 Å². The molecule has 0 fully saturated rings. The molecule has 0 atom stereocenters. The number of carbonyl (C=O) groups excluding carboxylic acids is 1. The number of para-hydroxylation sites is 1. The third-order valence-electron chi connectivity index (χ3n) is 3.23. The molecule has 0 saturated carbocycles. The van der Waals surface area contributed by atoms with E-state index in [1.165, 1.54) is 11.8 Å². The fourth-order valence-electron chi connectivity index (χ4n) is 2.13. The lowest BCUT2D eigenvalue weighted by Crippen LogP contribution is -2.16. The van der Waals surface area contributed by atoms with Crippen molar-refractivity contribution in [3.63, 3.8) is 0 Å². The lowest BCUT2D eigenvalue weighted by molar-refractivity contribution is -0.113. The minimum absolute atomic E-state index is 0.00595. The smallest absolute Gasteiger partial charge is 0.234 e. The number of aryl methyl sites for hydroxylation is 2. The monoisotopic (exact) mass is 300 g/mol. The van der Waals surface area contributed by atoms with Crippen molar-refractivity contribution >= 4 is 29.0 Å². The zero-order valence-electron chi connectivity index (χ0n) is 12.3. The van der Waals surface area contributed by atoms with Crippen LogP contribution in [0.5, 0.6) is 0 Å². The maximum atomic E-state index is 12.1. The van der Waals surface area contributed by atoms with Crippen molar-refractivity contribution in [2.24, 2.45) is 0 Å². The molecular weight excluding hydrogens is 280 g/mol. The predicted octanol–water partition coefficient (Wildman–Crippen LogP) is 3.87. The topological polar surface area (TPSA) is 55.1 Å². The molecule has 0 aromatic heterocycles. The van der Waals surface area contributed by atoms with Crippen LogP contribution in [0.2, 0.25) is 0 Å². The summed E-state index contributed by atoms with van der Waals surface area (Å²) in [6.45, 7) is 4.10. The van der Waals surface area contributed by atoms with Gasteiger partial charge < -0.3 is 11.1 Å². The number of nitrogen functional groups attached to an aromatic ring is 1. The normalized spacial score (nSPS) is 10.4. The number of nitrogens with two attached hydrogens (primary N) is 1. The first-order valence-electron chi connectivity index (χ1n) is 6.97. The molecule has 0 unspecified atom stereocenters. The van der Waals surface area contributed by atoms with Crippen LogP contribution in [0.15, 0.2) is 47.4 Å². The molecule has 2 aromatic rings. The zero-order valence-corrected chi connectivity index (χ0v) is 13.2. The van der Waals surface area contributed by atoms with E-state index in [2.05, 4.69) is 12.2 Å². The van der Waals surface area contributed by atoms with Gasteiger partial charge in [0, 0.05) is 16.3 Å². The van der Waals surface area contributed by atoms with Crippen molar-refractivity contribution < 1.29 is 4.79 Å². The van der Waals surface area contributed by atoms with Gasteiger partial charge in [0.15, 0.2) is 0 Å². The van der Waals surface area contributed by atoms with Gasteiger partial charge in [-0.15, -0.1) is 11.8 Å². The molecule has 3 nitrogen and oxygen atoms in total. The van der Waals surface area contributed by atoms with Crippen molar-refractivity contribution in [1.29, 1.82) is 0 Å². The minimum Gasteiger partial charge on any atom is -0.399 e. The molecule has 0 aliphatic carbocycles. The molecule has 4 heteroatoms. The lowest BCUT2D eigenvalue weighted by Gasteiger charge is -2.12. The SMILES string of the molecule is CCc1cccc(C)c1NC(=O)CSc1cccc(N)c1. The van der Waals surface area contributed by atoms with Gasteiger partial charge in [-0.1, -0.05) is 31.2 Å². The molecule has 0 bridgehead atoms. The maximum Gasteiger partial charge on any atom is 0.234 e. The summed E-state index contributed by atoms with van der Waals surface area (Å²) >= 11 is 1.49. The number of carbonyl (C=O) groups is 1. The Kier molecular flexibility index (Phi) is 5.28. The Bertz CT molecular complexity index is 640. The Morgan fingerprint density at radius 2 is 2.00 bits per heavy atom. The molecule has 2 aromatic carbocycles. The molecule has 0 heterocycles. The Labute approximate surface area is 129 Å². The van der Waals surface area contributed by atoms with Gasteiger partial charge in [0.05, 0.1) is 5.75 Å². The number of benzene rings is 2. The van der Waals surface area contributed by atoms with Gasteiger partial charge in [-0.25, -0.2) is 0 Å². The largest absolute Gasteiger partial charge is 0.399 e. The molecule has 3 N–H and O–H groups in total. The fraction of sp³-hybridized carbons (Fsp3) is 0.235. The predicted molar refractivity (Wildman–Crippen MR) is 90.8 cm³/mol. The Hall–Kier alpha value is -1.94. The number of anilines is 2. The van der Waals surface area contributed by atoms with E-state index in [1.54, 1.807) is 0 Å². The van der Waals surface area contributed by atoms with Crippen LogP contribution in [0.4, 0.5) is 11.4 Å². The van der Waals surface area contributed by atoms with Crippen LogP contribution < -0.4 is 11.1 Å². The van der Waals surface area contributed by atoms with Crippen molar-refractivity contribution in [2.45, 2.75) is 25.2 Å². The zero-order chi connectivity index (χ0) is 15.2. The van der Waals surface area contributed by atoms with Crippen molar-refractivity contribution in [2.75, 3.05) is 16.8 Å². The van der Waals surface area contributed by atoms with Gasteiger partial charge in [-0.05, 0) is 42.7 Å². The highest BCUT2D eigenvalue weighted by Crippen LogP contribution is 2.23. The van der Waals surface area contributed by atoms with Crippen LogP contribution in [0.1, 0.15) is 18.1 Å². The van der Waals surface area contributed by atoms with Crippen molar-refractivity contribution in [3.8, 4) is 0 Å². The van der Waals surface area contributed by atoms with Crippen LogP contribution in [-0.4, -0.2) is 11.7 Å². The van der Waals surface area contributed by atoms with E-state index in [0.717, 1.165) is 28.1 Å². The third kappa shape index (κ3) is 4.26. The first-order chi connectivity index (χ1) is 10.1. The molecule has 0 saturated heterocycles. The summed E-state index contributed by atoms with van der Waals surface area (Å²) in [7, 11) is 0. The first-order valence-corrected chi connectivity index (χ1v) is 7.95. The second-order valence-electron chi connectivity index (χ2n) is 4.87. The standard InChI is InChI=1S/C17H20N2OS/c1-3-13-7-4-6-12(2)17(13)19-16(20)11-21-15-9-5-8-14(18)10-15/h4-10H,3,11,18H2,1-2H3,(H,19,20). The highest BCUT2D eigenvalue weighted by atomic mass is 32.2. The fourth-order valence-corrected chi connectivity index (χ4v) is 2.89. The molecule has 0 aliphatic heterocycles. The molecule has 2 rings (SSSR count). The second kappa shape index (κ2) is 7.18. The summed E-state index contributed by atoms with van der Waals surface area (Å²) in [5.41, 5.74) is 9.65. The second-order valence-corrected chi connectivity index (χ2v) is 5.92. The molecular formula is C17H20N2OS. The Balaban J connectivity index is 1.99. The number of rotatable bonds is 5. The first kappa shape index (κ1) is 15.4. The van der Waals surface area contributed by atoms with Crippen molar-refractivity contribution in [3.05, 3.63) is 53.6 Å². The summed E-state index contributed by atoms with van der Waals surface area (Å²) in [6, 6.07) is 13.7. The molecule has 0 aliphatic rings. The Morgan fingerprint density at radius 1 is 1.24 bits per heavy atom. The maximum absolute atomic E-state index is 12.1. The van der Waals surface area contributed by atoms with Gasteiger partial charge in [0.1, 0.15) is 0 Å².